The van der Waals surface area contributed by atoms with Gasteiger partial charge in [0, 0.05) is 10.9 Å². The second kappa shape index (κ2) is 11.1. The van der Waals surface area contributed by atoms with Crippen LogP contribution in [0.15, 0.2) is 119 Å². The number of hydrazone groups is 1. The van der Waals surface area contributed by atoms with E-state index in [2.05, 4.69) is 15.6 Å². The Morgan fingerprint density at radius 3 is 2.19 bits per heavy atom. The van der Waals surface area contributed by atoms with Crippen molar-refractivity contribution in [3.8, 4) is 5.75 Å². The summed E-state index contributed by atoms with van der Waals surface area (Å²) in [7, 11) is 0. The largest absolute Gasteiger partial charge is 0.488 e. The zero-order chi connectivity index (χ0) is 25.5. The maximum atomic E-state index is 13.1. The molecule has 5 aromatic rings. The zero-order valence-corrected chi connectivity index (χ0v) is 20.0. The first-order valence-corrected chi connectivity index (χ1v) is 11.8. The molecule has 1 amide bonds. The second-order valence-corrected chi connectivity index (χ2v) is 8.35. The van der Waals surface area contributed by atoms with Crippen molar-refractivity contribution in [3.05, 3.63) is 142 Å². The fourth-order valence-corrected chi connectivity index (χ4v) is 3.93. The Hall–Kier alpha value is -5.04. The summed E-state index contributed by atoms with van der Waals surface area (Å²) >= 11 is 0. The minimum Gasteiger partial charge on any atom is -0.488 e. The van der Waals surface area contributed by atoms with Crippen LogP contribution in [0.1, 0.15) is 27.2 Å². The van der Waals surface area contributed by atoms with Gasteiger partial charge in [-0.05, 0) is 29.3 Å². The van der Waals surface area contributed by atoms with Crippen LogP contribution in [0.3, 0.4) is 0 Å². The van der Waals surface area contributed by atoms with Gasteiger partial charge in [0.15, 0.2) is 5.69 Å². The lowest BCUT2D eigenvalue weighted by Gasteiger charge is -2.11. The Morgan fingerprint density at radius 1 is 0.811 bits per heavy atom. The predicted molar refractivity (Wildman–Crippen MR) is 144 cm³/mol. The Kier molecular flexibility index (Phi) is 7.13. The first-order valence-electron chi connectivity index (χ1n) is 11.8. The average Bonchev–Trinajstić information content (AvgIpc) is 2.95. The number of rotatable bonds is 8. The summed E-state index contributed by atoms with van der Waals surface area (Å²) in [5.74, 6) is 0.126. The summed E-state index contributed by atoms with van der Waals surface area (Å²) in [6.07, 6.45) is 1.53. The highest BCUT2D eigenvalue weighted by Crippen LogP contribution is 2.18. The molecule has 0 aliphatic rings. The third-order valence-corrected chi connectivity index (χ3v) is 5.78. The molecule has 4 aromatic carbocycles. The quantitative estimate of drug-likeness (QED) is 0.251. The number of aromatic nitrogens is 2. The van der Waals surface area contributed by atoms with Gasteiger partial charge in [0.2, 0.25) is 0 Å². The maximum Gasteiger partial charge on any atom is 0.292 e. The molecule has 0 unspecified atom stereocenters. The minimum absolute atomic E-state index is 0.122. The van der Waals surface area contributed by atoms with Crippen LogP contribution in [0, 0.1) is 0 Å². The molecule has 0 radical (unpaired) electrons. The first-order chi connectivity index (χ1) is 18.2. The fraction of sp³-hybridized carbons (Fsp3) is 0.0667. The number of hydrogen-bond donors (Lipinski definition) is 1. The number of benzene rings is 4. The van der Waals surface area contributed by atoms with Crippen LogP contribution in [0.2, 0.25) is 0 Å². The van der Waals surface area contributed by atoms with Gasteiger partial charge in [0.05, 0.1) is 18.1 Å². The molecular formula is C30H24N4O3. The van der Waals surface area contributed by atoms with Gasteiger partial charge in [-0.15, -0.1) is 0 Å². The summed E-state index contributed by atoms with van der Waals surface area (Å²) < 4.78 is 7.26. The van der Waals surface area contributed by atoms with Gasteiger partial charge < -0.3 is 4.74 Å². The summed E-state index contributed by atoms with van der Waals surface area (Å²) in [5.41, 5.74) is 5.08. The zero-order valence-electron chi connectivity index (χ0n) is 20.0. The van der Waals surface area contributed by atoms with Gasteiger partial charge in [0.25, 0.3) is 11.5 Å². The van der Waals surface area contributed by atoms with Crippen molar-refractivity contribution < 1.29 is 9.53 Å². The van der Waals surface area contributed by atoms with Gasteiger partial charge in [-0.2, -0.15) is 10.2 Å². The Morgan fingerprint density at radius 2 is 1.43 bits per heavy atom. The van der Waals surface area contributed by atoms with Gasteiger partial charge in [-0.25, -0.2) is 10.1 Å². The van der Waals surface area contributed by atoms with Crippen LogP contribution in [0.25, 0.3) is 10.8 Å². The smallest absolute Gasteiger partial charge is 0.292 e. The summed E-state index contributed by atoms with van der Waals surface area (Å²) in [4.78, 5) is 26.2. The van der Waals surface area contributed by atoms with Crippen LogP contribution in [-0.2, 0) is 13.2 Å². The van der Waals surface area contributed by atoms with E-state index in [9.17, 15) is 9.59 Å². The molecule has 0 aliphatic heterocycles. The fourth-order valence-electron chi connectivity index (χ4n) is 3.93. The van der Waals surface area contributed by atoms with Crippen molar-refractivity contribution >= 4 is 22.9 Å². The van der Waals surface area contributed by atoms with Crippen LogP contribution in [0.5, 0.6) is 5.75 Å². The molecule has 0 fully saturated rings. The van der Waals surface area contributed by atoms with Gasteiger partial charge in [0.1, 0.15) is 12.4 Å². The minimum atomic E-state index is -0.517. The predicted octanol–water partition coefficient (Wildman–Crippen LogP) is 4.79. The Bertz CT molecular complexity index is 1610. The highest BCUT2D eigenvalue weighted by atomic mass is 16.5. The molecule has 0 bridgehead atoms. The molecule has 0 atom stereocenters. The van der Waals surface area contributed by atoms with Crippen molar-refractivity contribution in [2.45, 2.75) is 13.2 Å². The molecule has 1 N–H and O–H groups in total. The number of fused-ring (bicyclic) bond motifs is 1. The van der Waals surface area contributed by atoms with E-state index in [0.29, 0.717) is 28.7 Å². The van der Waals surface area contributed by atoms with Gasteiger partial charge in [-0.1, -0.05) is 91.0 Å². The standard InChI is InChI=1S/C30H24N4O3/c35-29(32-31-19-24-15-7-10-18-27(24)37-21-23-13-5-2-6-14-23)28-25-16-8-9-17-26(25)30(36)34(33-28)20-22-11-3-1-4-12-22/h1-19H,20-21H2,(H,32,35)/b31-19+. The SMILES string of the molecule is O=C(N/N=C/c1ccccc1OCc1ccccc1)c1nn(Cc2ccccc2)c(=O)c2ccccc12. The molecule has 37 heavy (non-hydrogen) atoms. The van der Waals surface area contributed by atoms with E-state index in [-0.39, 0.29) is 17.8 Å². The van der Waals surface area contributed by atoms with Crippen molar-refractivity contribution in [3.63, 3.8) is 0 Å². The van der Waals surface area contributed by atoms with Crippen molar-refractivity contribution in [2.75, 3.05) is 0 Å². The number of ether oxygens (including phenoxy) is 1. The van der Waals surface area contributed by atoms with Crippen LogP contribution < -0.4 is 15.7 Å². The molecule has 0 aliphatic carbocycles. The molecule has 5 rings (SSSR count). The van der Waals surface area contributed by atoms with E-state index in [4.69, 9.17) is 4.74 Å². The average molecular weight is 489 g/mol. The van der Waals surface area contributed by atoms with Crippen molar-refractivity contribution in [1.29, 1.82) is 0 Å². The van der Waals surface area contributed by atoms with Crippen molar-refractivity contribution in [2.24, 2.45) is 5.10 Å². The molecule has 0 spiro atoms. The summed E-state index contributed by atoms with van der Waals surface area (Å²) in [6.45, 7) is 0.664. The lowest BCUT2D eigenvalue weighted by Crippen LogP contribution is -2.29. The Balaban J connectivity index is 1.37. The van der Waals surface area contributed by atoms with E-state index in [0.717, 1.165) is 11.1 Å². The lowest BCUT2D eigenvalue weighted by atomic mass is 10.1. The molecule has 7 heteroatoms. The number of carbonyl (C=O) groups is 1. The molecule has 182 valence electrons. The monoisotopic (exact) mass is 488 g/mol. The number of hydrogen-bond acceptors (Lipinski definition) is 5. The van der Waals surface area contributed by atoms with Crippen molar-refractivity contribution in [1.82, 2.24) is 15.2 Å². The molecule has 1 heterocycles. The lowest BCUT2D eigenvalue weighted by molar-refractivity contribution is 0.0949. The highest BCUT2D eigenvalue weighted by Gasteiger charge is 2.16. The first kappa shape index (κ1) is 23.7. The topological polar surface area (TPSA) is 85.6 Å². The summed E-state index contributed by atoms with van der Waals surface area (Å²) in [6, 6.07) is 33.8. The number of carbonyl (C=O) groups excluding carboxylic acids is 1. The van der Waals surface area contributed by atoms with E-state index in [1.807, 2.05) is 84.9 Å². The van der Waals surface area contributed by atoms with Crippen LogP contribution in [-0.4, -0.2) is 21.9 Å². The van der Waals surface area contributed by atoms with E-state index >= 15 is 0 Å². The molecule has 0 saturated carbocycles. The van der Waals surface area contributed by atoms with Gasteiger partial charge >= 0.3 is 0 Å². The molecular weight excluding hydrogens is 464 g/mol. The van der Waals surface area contributed by atoms with Crippen LogP contribution in [0.4, 0.5) is 0 Å². The third-order valence-electron chi connectivity index (χ3n) is 5.78. The number of para-hydroxylation sites is 1. The van der Waals surface area contributed by atoms with E-state index < -0.39 is 5.91 Å². The van der Waals surface area contributed by atoms with E-state index in [1.54, 1.807) is 24.3 Å². The maximum absolute atomic E-state index is 13.1. The molecule has 1 aromatic heterocycles. The number of nitrogens with one attached hydrogen (secondary N) is 1. The van der Waals surface area contributed by atoms with Gasteiger partial charge in [-0.3, -0.25) is 9.59 Å². The van der Waals surface area contributed by atoms with E-state index in [1.165, 1.54) is 10.9 Å². The third kappa shape index (κ3) is 5.62. The second-order valence-electron chi connectivity index (χ2n) is 8.35. The molecule has 0 saturated heterocycles. The number of amides is 1. The van der Waals surface area contributed by atoms with Crippen LogP contribution >= 0.6 is 0 Å². The Labute approximate surface area is 213 Å². The normalized spacial score (nSPS) is 11.0. The summed E-state index contributed by atoms with van der Waals surface area (Å²) in [5, 5.41) is 9.43. The molecule has 7 nitrogen and oxygen atoms in total. The highest BCUT2D eigenvalue weighted by molar-refractivity contribution is 6.05. The number of nitrogens with zero attached hydrogens (tertiary/aromatic N) is 3.